The summed E-state index contributed by atoms with van der Waals surface area (Å²) in [5.41, 5.74) is 0.831. The van der Waals surface area contributed by atoms with Gasteiger partial charge in [0.05, 0.1) is 13.2 Å². The summed E-state index contributed by atoms with van der Waals surface area (Å²) in [5, 5.41) is 0. The van der Waals surface area contributed by atoms with Crippen molar-refractivity contribution in [1.82, 2.24) is 18.7 Å². The van der Waals surface area contributed by atoms with Crippen LogP contribution in [-0.4, -0.2) is 25.3 Å². The summed E-state index contributed by atoms with van der Waals surface area (Å²) in [4.78, 5) is 29.7. The van der Waals surface area contributed by atoms with Crippen LogP contribution in [0.1, 0.15) is 18.9 Å². The lowest BCUT2D eigenvalue weighted by molar-refractivity contribution is 0.284. The molecule has 0 saturated heterocycles. The van der Waals surface area contributed by atoms with Crippen molar-refractivity contribution in [2.75, 3.05) is 6.61 Å². The van der Waals surface area contributed by atoms with Gasteiger partial charge in [0.15, 0.2) is 11.2 Å². The molecular formula is C17H20N4O3. The minimum atomic E-state index is -0.392. The largest absolute Gasteiger partial charge is 0.465 e. The number of aryl methyl sites for hydroxylation is 2. The zero-order chi connectivity index (χ0) is 17.3. The van der Waals surface area contributed by atoms with E-state index in [1.807, 2.05) is 37.3 Å². The van der Waals surface area contributed by atoms with E-state index in [4.69, 9.17) is 4.74 Å². The van der Waals surface area contributed by atoms with Gasteiger partial charge in [-0.1, -0.05) is 37.3 Å². The van der Waals surface area contributed by atoms with Crippen molar-refractivity contribution in [3.05, 3.63) is 56.7 Å². The molecular weight excluding hydrogens is 308 g/mol. The first-order valence-electron chi connectivity index (χ1n) is 7.87. The number of imidazole rings is 1. The van der Waals surface area contributed by atoms with Crippen molar-refractivity contribution in [1.29, 1.82) is 0 Å². The number of ether oxygens (including phenoxy) is 1. The number of nitrogens with zero attached hydrogens (tertiary/aromatic N) is 4. The standard InChI is InChI=1S/C17H20N4O3/c1-4-10-24-16-18-14-13(19(16)2)15(22)21(17(23)20(14)3)11-12-8-6-5-7-9-12/h5-9H,4,10-11H2,1-3H3. The second kappa shape index (κ2) is 6.35. The topological polar surface area (TPSA) is 71.1 Å². The molecule has 2 aromatic heterocycles. The summed E-state index contributed by atoms with van der Waals surface area (Å²) in [6.45, 7) is 2.72. The van der Waals surface area contributed by atoms with Crippen molar-refractivity contribution in [2.45, 2.75) is 19.9 Å². The molecule has 0 saturated carbocycles. The molecule has 1 aromatic carbocycles. The van der Waals surface area contributed by atoms with E-state index in [0.29, 0.717) is 23.8 Å². The van der Waals surface area contributed by atoms with Crippen LogP contribution in [0.15, 0.2) is 39.9 Å². The second-order valence-corrected chi connectivity index (χ2v) is 5.69. The number of benzene rings is 1. The van der Waals surface area contributed by atoms with Crippen LogP contribution < -0.4 is 16.0 Å². The van der Waals surface area contributed by atoms with Gasteiger partial charge in [0.1, 0.15) is 0 Å². The Morgan fingerprint density at radius 1 is 1.08 bits per heavy atom. The summed E-state index contributed by atoms with van der Waals surface area (Å²) in [7, 11) is 3.33. The molecule has 7 nitrogen and oxygen atoms in total. The number of hydrogen-bond acceptors (Lipinski definition) is 4. The van der Waals surface area contributed by atoms with Crippen LogP contribution >= 0.6 is 0 Å². The summed E-state index contributed by atoms with van der Waals surface area (Å²) in [5.74, 6) is 0. The van der Waals surface area contributed by atoms with Crippen LogP contribution in [0.4, 0.5) is 0 Å². The fourth-order valence-corrected chi connectivity index (χ4v) is 2.65. The highest BCUT2D eigenvalue weighted by atomic mass is 16.5. The summed E-state index contributed by atoms with van der Waals surface area (Å²) < 4.78 is 9.79. The molecule has 0 bridgehead atoms. The summed E-state index contributed by atoms with van der Waals surface area (Å²) in [6.07, 6.45) is 0.834. The third-order valence-electron chi connectivity index (χ3n) is 3.94. The fourth-order valence-electron chi connectivity index (χ4n) is 2.65. The molecule has 2 heterocycles. The molecule has 0 radical (unpaired) electrons. The van der Waals surface area contributed by atoms with Crippen LogP contribution in [0.25, 0.3) is 11.2 Å². The predicted molar refractivity (Wildman–Crippen MR) is 91.5 cm³/mol. The van der Waals surface area contributed by atoms with Gasteiger partial charge in [-0.25, -0.2) is 4.79 Å². The first kappa shape index (κ1) is 16.0. The lowest BCUT2D eigenvalue weighted by Gasteiger charge is -2.08. The van der Waals surface area contributed by atoms with E-state index in [0.717, 1.165) is 12.0 Å². The van der Waals surface area contributed by atoms with Gasteiger partial charge in [0.25, 0.3) is 11.6 Å². The monoisotopic (exact) mass is 328 g/mol. The van der Waals surface area contributed by atoms with E-state index in [1.54, 1.807) is 18.7 Å². The minimum Gasteiger partial charge on any atom is -0.465 e. The predicted octanol–water partition coefficient (Wildman–Crippen LogP) is 1.27. The lowest BCUT2D eigenvalue weighted by atomic mass is 10.2. The molecule has 0 aliphatic carbocycles. The molecule has 0 atom stereocenters. The molecule has 0 fully saturated rings. The average Bonchev–Trinajstić information content (AvgIpc) is 2.93. The smallest absolute Gasteiger partial charge is 0.332 e. The van der Waals surface area contributed by atoms with Gasteiger partial charge in [-0.05, 0) is 12.0 Å². The number of hydrogen-bond donors (Lipinski definition) is 0. The van der Waals surface area contributed by atoms with Gasteiger partial charge in [0.2, 0.25) is 0 Å². The Morgan fingerprint density at radius 3 is 2.46 bits per heavy atom. The van der Waals surface area contributed by atoms with Crippen molar-refractivity contribution in [2.24, 2.45) is 14.1 Å². The molecule has 0 amide bonds. The second-order valence-electron chi connectivity index (χ2n) is 5.69. The Morgan fingerprint density at radius 2 is 1.79 bits per heavy atom. The van der Waals surface area contributed by atoms with Gasteiger partial charge in [-0.3, -0.25) is 18.5 Å². The van der Waals surface area contributed by atoms with Crippen LogP contribution in [0.2, 0.25) is 0 Å². The maximum Gasteiger partial charge on any atom is 0.332 e. The fraction of sp³-hybridized carbons (Fsp3) is 0.353. The van der Waals surface area contributed by atoms with Gasteiger partial charge >= 0.3 is 5.69 Å². The number of fused-ring (bicyclic) bond motifs is 1. The van der Waals surface area contributed by atoms with Crippen molar-refractivity contribution < 1.29 is 4.74 Å². The molecule has 0 unspecified atom stereocenters. The molecule has 3 rings (SSSR count). The molecule has 0 spiro atoms. The normalized spacial score (nSPS) is 11.1. The third kappa shape index (κ3) is 2.62. The van der Waals surface area contributed by atoms with E-state index in [1.165, 1.54) is 9.13 Å². The third-order valence-corrected chi connectivity index (χ3v) is 3.94. The Bertz CT molecular complexity index is 983. The molecule has 0 N–H and O–H groups in total. The van der Waals surface area contributed by atoms with Gasteiger partial charge in [-0.15, -0.1) is 0 Å². The molecule has 24 heavy (non-hydrogen) atoms. The highest BCUT2D eigenvalue weighted by Gasteiger charge is 2.19. The van der Waals surface area contributed by atoms with E-state index >= 15 is 0 Å². The van der Waals surface area contributed by atoms with Crippen molar-refractivity contribution in [3.8, 4) is 6.01 Å². The van der Waals surface area contributed by atoms with E-state index in [9.17, 15) is 9.59 Å². The summed E-state index contributed by atoms with van der Waals surface area (Å²) in [6, 6.07) is 9.77. The zero-order valence-corrected chi connectivity index (χ0v) is 14.0. The maximum absolute atomic E-state index is 12.8. The van der Waals surface area contributed by atoms with Gasteiger partial charge in [0, 0.05) is 14.1 Å². The van der Waals surface area contributed by atoms with Crippen LogP contribution in [0.5, 0.6) is 6.01 Å². The Balaban J connectivity index is 2.19. The molecule has 3 aromatic rings. The maximum atomic E-state index is 12.8. The van der Waals surface area contributed by atoms with Crippen LogP contribution in [0, 0.1) is 0 Å². The first-order chi connectivity index (χ1) is 11.5. The number of rotatable bonds is 5. The van der Waals surface area contributed by atoms with E-state index < -0.39 is 5.69 Å². The van der Waals surface area contributed by atoms with E-state index in [-0.39, 0.29) is 12.1 Å². The highest BCUT2D eigenvalue weighted by Crippen LogP contribution is 2.15. The quantitative estimate of drug-likeness (QED) is 0.707. The molecule has 126 valence electrons. The Labute approximate surface area is 138 Å². The van der Waals surface area contributed by atoms with Crippen LogP contribution in [0.3, 0.4) is 0 Å². The molecule has 7 heteroatoms. The lowest BCUT2D eigenvalue weighted by Crippen LogP contribution is -2.39. The average molecular weight is 328 g/mol. The van der Waals surface area contributed by atoms with Gasteiger partial charge in [-0.2, -0.15) is 4.98 Å². The van der Waals surface area contributed by atoms with Crippen LogP contribution in [-0.2, 0) is 20.6 Å². The minimum absolute atomic E-state index is 0.221. The van der Waals surface area contributed by atoms with Crippen molar-refractivity contribution in [3.63, 3.8) is 0 Å². The van der Waals surface area contributed by atoms with Crippen molar-refractivity contribution >= 4 is 11.2 Å². The Kier molecular flexibility index (Phi) is 4.24. The molecule has 0 aliphatic rings. The first-order valence-corrected chi connectivity index (χ1v) is 7.87. The summed E-state index contributed by atoms with van der Waals surface area (Å²) >= 11 is 0. The number of aromatic nitrogens is 4. The highest BCUT2D eigenvalue weighted by molar-refractivity contribution is 5.71. The zero-order valence-electron chi connectivity index (χ0n) is 14.0. The van der Waals surface area contributed by atoms with E-state index in [2.05, 4.69) is 4.98 Å². The molecule has 0 aliphatic heterocycles. The van der Waals surface area contributed by atoms with Gasteiger partial charge < -0.3 is 4.74 Å². The SMILES string of the molecule is CCCOc1nc2c(c(=O)n(Cc3ccccc3)c(=O)n2C)n1C. The Hall–Kier alpha value is -2.83.